The number of likely N-dealkylation sites (tertiary alicyclic amines) is 1. The second-order valence-corrected chi connectivity index (χ2v) is 7.59. The Morgan fingerprint density at radius 1 is 1.21 bits per heavy atom. The van der Waals surface area contributed by atoms with E-state index in [2.05, 4.69) is 27.4 Å². The van der Waals surface area contributed by atoms with Gasteiger partial charge in [0.1, 0.15) is 11.6 Å². The average molecular weight is 523 g/mol. The van der Waals surface area contributed by atoms with Gasteiger partial charge in [-0.05, 0) is 59.0 Å². The Morgan fingerprint density at radius 2 is 1.83 bits per heavy atom. The number of guanidine groups is 1. The predicted molar refractivity (Wildman–Crippen MR) is 127 cm³/mol. The van der Waals surface area contributed by atoms with Crippen LogP contribution >= 0.6 is 24.0 Å². The summed E-state index contributed by atoms with van der Waals surface area (Å²) < 4.78 is 28.5. The Kier molecular flexibility index (Phi) is 12.0. The first kappa shape index (κ1) is 26.0. The number of piperidine rings is 1. The van der Waals surface area contributed by atoms with Gasteiger partial charge in [0, 0.05) is 31.2 Å². The molecule has 1 saturated heterocycles. The van der Waals surface area contributed by atoms with E-state index in [1.165, 1.54) is 24.6 Å². The number of likely N-dealkylation sites (N-methyl/N-ethyl adjacent to an activating group) is 1. The lowest BCUT2D eigenvalue weighted by Crippen LogP contribution is -2.49. The Morgan fingerprint density at radius 3 is 2.34 bits per heavy atom. The van der Waals surface area contributed by atoms with Crippen LogP contribution in [0.4, 0.5) is 8.78 Å². The molecule has 0 spiro atoms. The van der Waals surface area contributed by atoms with Crippen LogP contribution in [0, 0.1) is 11.6 Å². The molecule has 1 aliphatic rings. The summed E-state index contributed by atoms with van der Waals surface area (Å²) in [5.41, 5.74) is 0.0694. The van der Waals surface area contributed by atoms with Crippen LogP contribution in [0.5, 0.6) is 0 Å². The van der Waals surface area contributed by atoms with Gasteiger partial charge in [0.05, 0.1) is 12.6 Å². The number of aliphatic imine (C=N–C) groups is 1. The first-order valence-electron chi connectivity index (χ1n) is 10.3. The summed E-state index contributed by atoms with van der Waals surface area (Å²) in [7, 11) is 3.63. The highest BCUT2D eigenvalue weighted by Crippen LogP contribution is 2.24. The maximum absolute atomic E-state index is 14.3. The van der Waals surface area contributed by atoms with Gasteiger partial charge in [0.15, 0.2) is 5.96 Å². The van der Waals surface area contributed by atoms with Crippen molar-refractivity contribution in [3.05, 3.63) is 35.4 Å². The molecular formula is C21H36F2IN5. The van der Waals surface area contributed by atoms with Gasteiger partial charge in [-0.3, -0.25) is 4.99 Å². The molecule has 2 N–H and O–H groups in total. The van der Waals surface area contributed by atoms with E-state index < -0.39 is 17.7 Å². The van der Waals surface area contributed by atoms with Crippen molar-refractivity contribution in [1.29, 1.82) is 0 Å². The zero-order chi connectivity index (χ0) is 20.5. The number of hydrogen-bond acceptors (Lipinski definition) is 3. The highest BCUT2D eigenvalue weighted by molar-refractivity contribution is 14.0. The maximum atomic E-state index is 14.3. The topological polar surface area (TPSA) is 42.9 Å². The summed E-state index contributed by atoms with van der Waals surface area (Å²) >= 11 is 0. The van der Waals surface area contributed by atoms with Crippen LogP contribution in [0.2, 0.25) is 0 Å². The van der Waals surface area contributed by atoms with Crippen LogP contribution in [0.1, 0.15) is 44.7 Å². The van der Waals surface area contributed by atoms with Crippen molar-refractivity contribution in [2.24, 2.45) is 4.99 Å². The van der Waals surface area contributed by atoms with Crippen LogP contribution < -0.4 is 10.6 Å². The largest absolute Gasteiger partial charge is 0.357 e. The summed E-state index contributed by atoms with van der Waals surface area (Å²) in [6.45, 7) is 8.56. The molecule has 0 saturated carbocycles. The summed E-state index contributed by atoms with van der Waals surface area (Å²) in [5.74, 6) is -0.356. The molecule has 1 aromatic carbocycles. The summed E-state index contributed by atoms with van der Waals surface area (Å²) in [5, 5.41) is 6.76. The van der Waals surface area contributed by atoms with Gasteiger partial charge in [-0.1, -0.05) is 13.0 Å². The van der Waals surface area contributed by atoms with Gasteiger partial charge < -0.3 is 20.4 Å². The molecule has 166 valence electrons. The minimum Gasteiger partial charge on any atom is -0.357 e. The van der Waals surface area contributed by atoms with Crippen molar-refractivity contribution in [3.63, 3.8) is 0 Å². The first-order chi connectivity index (χ1) is 13.5. The predicted octanol–water partition coefficient (Wildman–Crippen LogP) is 3.62. The molecule has 29 heavy (non-hydrogen) atoms. The monoisotopic (exact) mass is 523 g/mol. The quantitative estimate of drug-likeness (QED) is 0.311. The van der Waals surface area contributed by atoms with E-state index in [-0.39, 0.29) is 36.1 Å². The molecule has 0 aliphatic carbocycles. The van der Waals surface area contributed by atoms with Crippen LogP contribution in [0.3, 0.4) is 0 Å². The van der Waals surface area contributed by atoms with E-state index in [0.717, 1.165) is 39.0 Å². The molecule has 5 nitrogen and oxygen atoms in total. The van der Waals surface area contributed by atoms with Crippen molar-refractivity contribution >= 4 is 29.9 Å². The van der Waals surface area contributed by atoms with Gasteiger partial charge >= 0.3 is 0 Å². The molecule has 0 aromatic heterocycles. The SMILES string of the molecule is CCCN1CCC(NC(=NCC(c2c(F)cccc2F)N(C)C)NCC)CC1.I. The third-order valence-electron chi connectivity index (χ3n) is 5.19. The van der Waals surface area contributed by atoms with Gasteiger partial charge in [-0.15, -0.1) is 24.0 Å². The van der Waals surface area contributed by atoms with Crippen LogP contribution in [-0.4, -0.2) is 68.6 Å². The zero-order valence-corrected chi connectivity index (χ0v) is 20.4. The number of nitrogens with zero attached hydrogens (tertiary/aromatic N) is 3. The van der Waals surface area contributed by atoms with E-state index in [0.29, 0.717) is 12.0 Å². The summed E-state index contributed by atoms with van der Waals surface area (Å²) in [6.07, 6.45) is 3.33. The third-order valence-corrected chi connectivity index (χ3v) is 5.19. The van der Waals surface area contributed by atoms with Crippen LogP contribution in [0.25, 0.3) is 0 Å². The van der Waals surface area contributed by atoms with Crippen LogP contribution in [0.15, 0.2) is 23.2 Å². The molecule has 0 amide bonds. The third kappa shape index (κ3) is 7.97. The molecule has 2 rings (SSSR count). The van der Waals surface area contributed by atoms with E-state index >= 15 is 0 Å². The molecule has 1 unspecified atom stereocenters. The van der Waals surface area contributed by atoms with Gasteiger partial charge in [-0.2, -0.15) is 0 Å². The van der Waals surface area contributed by atoms with Crippen molar-refractivity contribution in [1.82, 2.24) is 20.4 Å². The average Bonchev–Trinajstić information content (AvgIpc) is 2.65. The van der Waals surface area contributed by atoms with Crippen molar-refractivity contribution in [2.45, 2.75) is 45.2 Å². The fourth-order valence-electron chi connectivity index (χ4n) is 3.65. The lowest BCUT2D eigenvalue weighted by atomic mass is 10.0. The Hall–Kier alpha value is -1.00. The fourth-order valence-corrected chi connectivity index (χ4v) is 3.65. The van der Waals surface area contributed by atoms with Gasteiger partial charge in [-0.25, -0.2) is 8.78 Å². The van der Waals surface area contributed by atoms with E-state index in [1.807, 2.05) is 21.0 Å². The molecule has 1 heterocycles. The molecule has 0 radical (unpaired) electrons. The standard InChI is InChI=1S/C21H35F2N5.HI/c1-5-12-28-13-10-16(11-14-28)26-21(24-6-2)25-15-19(27(3)4)20-17(22)8-7-9-18(20)23;/h7-9,16,19H,5-6,10-15H2,1-4H3,(H2,24,25,26);1H. The number of halogens is 3. The molecule has 0 bridgehead atoms. The Balaban J connectivity index is 0.00000420. The van der Waals surface area contributed by atoms with Crippen LogP contribution in [-0.2, 0) is 0 Å². The van der Waals surface area contributed by atoms with Gasteiger partial charge in [0.25, 0.3) is 0 Å². The molecule has 1 atom stereocenters. The molecule has 8 heteroatoms. The lowest BCUT2D eigenvalue weighted by Gasteiger charge is -2.33. The van der Waals surface area contributed by atoms with Gasteiger partial charge in [0.2, 0.25) is 0 Å². The summed E-state index contributed by atoms with van der Waals surface area (Å²) in [4.78, 5) is 8.94. The lowest BCUT2D eigenvalue weighted by molar-refractivity contribution is 0.206. The number of nitrogens with one attached hydrogen (secondary N) is 2. The first-order valence-corrected chi connectivity index (χ1v) is 10.3. The zero-order valence-electron chi connectivity index (χ0n) is 18.0. The van der Waals surface area contributed by atoms with Crippen molar-refractivity contribution < 1.29 is 8.78 Å². The molecule has 1 aromatic rings. The Bertz CT molecular complexity index is 613. The Labute approximate surface area is 191 Å². The normalized spacial score (nSPS) is 17.1. The maximum Gasteiger partial charge on any atom is 0.191 e. The number of hydrogen-bond donors (Lipinski definition) is 2. The summed E-state index contributed by atoms with van der Waals surface area (Å²) in [6, 6.07) is 3.89. The molecule has 1 aliphatic heterocycles. The molecule has 1 fully saturated rings. The van der Waals surface area contributed by atoms with E-state index in [9.17, 15) is 8.78 Å². The van der Waals surface area contributed by atoms with Crippen molar-refractivity contribution in [3.8, 4) is 0 Å². The second-order valence-electron chi connectivity index (χ2n) is 7.59. The minimum absolute atomic E-state index is 0. The smallest absolute Gasteiger partial charge is 0.191 e. The number of rotatable bonds is 8. The minimum atomic E-state index is -0.532. The molecular weight excluding hydrogens is 487 g/mol. The second kappa shape index (κ2) is 13.3. The van der Waals surface area contributed by atoms with Crippen molar-refractivity contribution in [2.75, 3.05) is 46.8 Å². The number of benzene rings is 1. The fraction of sp³-hybridized carbons (Fsp3) is 0.667. The van der Waals surface area contributed by atoms with E-state index in [1.54, 1.807) is 4.90 Å². The highest BCUT2D eigenvalue weighted by atomic mass is 127. The highest BCUT2D eigenvalue weighted by Gasteiger charge is 2.23. The van der Waals surface area contributed by atoms with E-state index in [4.69, 9.17) is 0 Å².